The van der Waals surface area contributed by atoms with Crippen LogP contribution >= 0.6 is 0 Å². The van der Waals surface area contributed by atoms with Crippen LogP contribution in [0.4, 0.5) is 5.69 Å². The van der Waals surface area contributed by atoms with Crippen LogP contribution in [0.25, 0.3) is 6.08 Å². The molecule has 1 N–H and O–H groups in total. The van der Waals surface area contributed by atoms with E-state index in [1.165, 1.54) is 13.0 Å². The molecule has 0 radical (unpaired) electrons. The Labute approximate surface area is 166 Å². The molecular formula is C23H27NO4. The largest absolute Gasteiger partial charge is 0.493 e. The molecule has 0 spiro atoms. The molecule has 0 aliphatic heterocycles. The third kappa shape index (κ3) is 6.58. The highest BCUT2D eigenvalue weighted by molar-refractivity contribution is 6.02. The van der Waals surface area contributed by atoms with Gasteiger partial charge in [0.25, 0.3) is 0 Å². The van der Waals surface area contributed by atoms with Gasteiger partial charge in [-0.15, -0.1) is 0 Å². The number of carbonyl (C=O) groups excluding carboxylic acids is 2. The molecule has 0 heterocycles. The van der Waals surface area contributed by atoms with Crippen molar-refractivity contribution in [3.8, 4) is 11.5 Å². The number of rotatable bonds is 9. The topological polar surface area (TPSA) is 64.6 Å². The van der Waals surface area contributed by atoms with Gasteiger partial charge >= 0.3 is 0 Å². The van der Waals surface area contributed by atoms with E-state index in [1.807, 2.05) is 18.2 Å². The summed E-state index contributed by atoms with van der Waals surface area (Å²) in [6.07, 6.45) is 4.13. The molecule has 5 heteroatoms. The molecule has 28 heavy (non-hydrogen) atoms. The van der Waals surface area contributed by atoms with Gasteiger partial charge in [0.15, 0.2) is 17.3 Å². The highest BCUT2D eigenvalue weighted by atomic mass is 16.5. The minimum absolute atomic E-state index is 0.0108. The van der Waals surface area contributed by atoms with Crippen LogP contribution in [0.1, 0.15) is 43.1 Å². The summed E-state index contributed by atoms with van der Waals surface area (Å²) in [6.45, 7) is 6.44. The summed E-state index contributed by atoms with van der Waals surface area (Å²) in [6, 6.07) is 12.3. The molecule has 0 saturated carbocycles. The molecule has 1 amide bonds. The van der Waals surface area contributed by atoms with Crippen LogP contribution in [0.15, 0.2) is 48.5 Å². The number of carbonyl (C=O) groups is 2. The van der Waals surface area contributed by atoms with Crippen molar-refractivity contribution < 1.29 is 19.1 Å². The highest BCUT2D eigenvalue weighted by Crippen LogP contribution is 2.29. The lowest BCUT2D eigenvalue weighted by Gasteiger charge is -2.12. The van der Waals surface area contributed by atoms with Crippen molar-refractivity contribution in [2.75, 3.05) is 19.0 Å². The Hall–Kier alpha value is -3.08. The molecule has 5 nitrogen and oxygen atoms in total. The molecule has 0 aliphatic carbocycles. The lowest BCUT2D eigenvalue weighted by atomic mass is 10.1. The first-order valence-electron chi connectivity index (χ1n) is 9.30. The van der Waals surface area contributed by atoms with E-state index in [4.69, 9.17) is 9.47 Å². The van der Waals surface area contributed by atoms with Gasteiger partial charge in [-0.1, -0.05) is 19.9 Å². The summed E-state index contributed by atoms with van der Waals surface area (Å²) in [7, 11) is 1.59. The molecule has 0 aliphatic rings. The van der Waals surface area contributed by atoms with Crippen LogP contribution in [0, 0.1) is 5.92 Å². The van der Waals surface area contributed by atoms with E-state index in [9.17, 15) is 9.59 Å². The number of anilines is 1. The Morgan fingerprint density at radius 1 is 1.07 bits per heavy atom. The minimum atomic E-state index is -0.258. The van der Waals surface area contributed by atoms with E-state index < -0.39 is 0 Å². The van der Waals surface area contributed by atoms with Gasteiger partial charge in [-0.2, -0.15) is 0 Å². The standard InChI is InChI=1S/C23H27NO4/c1-16(2)13-14-28-21-11-5-18(15-22(21)27-4)6-12-23(26)24-20-9-7-19(8-10-20)17(3)25/h5-12,15-16H,13-14H2,1-4H3,(H,24,26)/b12-6+. The van der Waals surface area contributed by atoms with E-state index in [1.54, 1.807) is 37.5 Å². The molecule has 0 unspecified atom stereocenters. The summed E-state index contributed by atoms with van der Waals surface area (Å²) < 4.78 is 11.2. The Morgan fingerprint density at radius 2 is 1.79 bits per heavy atom. The second-order valence-electron chi connectivity index (χ2n) is 6.90. The fourth-order valence-corrected chi connectivity index (χ4v) is 2.46. The minimum Gasteiger partial charge on any atom is -0.493 e. The van der Waals surface area contributed by atoms with E-state index in [2.05, 4.69) is 19.2 Å². The maximum absolute atomic E-state index is 12.1. The second kappa shape index (κ2) is 10.3. The zero-order valence-corrected chi connectivity index (χ0v) is 16.8. The molecule has 0 aromatic heterocycles. The van der Waals surface area contributed by atoms with E-state index in [-0.39, 0.29) is 11.7 Å². The maximum Gasteiger partial charge on any atom is 0.248 e. The molecule has 2 aromatic rings. The van der Waals surface area contributed by atoms with E-state index in [0.717, 1.165) is 12.0 Å². The van der Waals surface area contributed by atoms with Crippen molar-refractivity contribution >= 4 is 23.5 Å². The number of nitrogens with one attached hydrogen (secondary N) is 1. The van der Waals surface area contributed by atoms with Crippen LogP contribution in [0.3, 0.4) is 0 Å². The fourth-order valence-electron chi connectivity index (χ4n) is 2.46. The van der Waals surface area contributed by atoms with Crippen LogP contribution in [0.5, 0.6) is 11.5 Å². The summed E-state index contributed by atoms with van der Waals surface area (Å²) in [5.74, 6) is 1.63. The van der Waals surface area contributed by atoms with Crippen molar-refractivity contribution in [3.63, 3.8) is 0 Å². The smallest absolute Gasteiger partial charge is 0.248 e. The third-order valence-corrected chi connectivity index (χ3v) is 4.13. The maximum atomic E-state index is 12.1. The van der Waals surface area contributed by atoms with Crippen molar-refractivity contribution in [2.45, 2.75) is 27.2 Å². The van der Waals surface area contributed by atoms with Crippen molar-refractivity contribution in [2.24, 2.45) is 5.92 Å². The third-order valence-electron chi connectivity index (χ3n) is 4.13. The first-order valence-corrected chi connectivity index (χ1v) is 9.30. The Kier molecular flexibility index (Phi) is 7.81. The molecular weight excluding hydrogens is 354 g/mol. The SMILES string of the molecule is COc1cc(/C=C/C(=O)Nc2ccc(C(C)=O)cc2)ccc1OCCC(C)C. The first-order chi connectivity index (χ1) is 13.4. The van der Waals surface area contributed by atoms with Crippen LogP contribution in [0.2, 0.25) is 0 Å². The van der Waals surface area contributed by atoms with E-state index >= 15 is 0 Å². The number of methoxy groups -OCH3 is 1. The van der Waals surface area contributed by atoms with Gasteiger partial charge in [-0.3, -0.25) is 9.59 Å². The monoisotopic (exact) mass is 381 g/mol. The Morgan fingerprint density at radius 3 is 2.39 bits per heavy atom. The average molecular weight is 381 g/mol. The fraction of sp³-hybridized carbons (Fsp3) is 0.304. The second-order valence-corrected chi connectivity index (χ2v) is 6.90. The summed E-state index contributed by atoms with van der Waals surface area (Å²) in [5.41, 5.74) is 2.07. The number of Topliss-reactive ketones (excluding diaryl/α,β-unsaturated/α-hetero) is 1. The Bertz CT molecular complexity index is 838. The van der Waals surface area contributed by atoms with Gasteiger partial charge in [0, 0.05) is 17.3 Å². The lowest BCUT2D eigenvalue weighted by molar-refractivity contribution is -0.111. The summed E-state index contributed by atoms with van der Waals surface area (Å²) >= 11 is 0. The first kappa shape index (κ1) is 21.2. The summed E-state index contributed by atoms with van der Waals surface area (Å²) in [4.78, 5) is 23.4. The molecule has 2 rings (SSSR count). The quantitative estimate of drug-likeness (QED) is 0.492. The van der Waals surface area contributed by atoms with Crippen LogP contribution in [-0.4, -0.2) is 25.4 Å². The zero-order valence-electron chi connectivity index (χ0n) is 16.8. The average Bonchev–Trinajstić information content (AvgIpc) is 2.67. The number of benzene rings is 2. The molecule has 0 saturated heterocycles. The predicted octanol–water partition coefficient (Wildman–Crippen LogP) is 4.97. The number of amides is 1. The normalized spacial score (nSPS) is 10.9. The summed E-state index contributed by atoms with van der Waals surface area (Å²) in [5, 5.41) is 2.76. The number of hydrogen-bond acceptors (Lipinski definition) is 4. The predicted molar refractivity (Wildman–Crippen MR) is 112 cm³/mol. The number of ether oxygens (including phenoxy) is 2. The van der Waals surface area contributed by atoms with Crippen LogP contribution < -0.4 is 14.8 Å². The molecule has 0 bridgehead atoms. The van der Waals surface area contributed by atoms with Crippen molar-refractivity contribution in [3.05, 3.63) is 59.7 Å². The number of hydrogen-bond donors (Lipinski definition) is 1. The van der Waals surface area contributed by atoms with Crippen molar-refractivity contribution in [1.82, 2.24) is 0 Å². The van der Waals surface area contributed by atoms with Gasteiger partial charge in [0.2, 0.25) is 5.91 Å². The Balaban J connectivity index is 1.98. The lowest BCUT2D eigenvalue weighted by Crippen LogP contribution is -2.07. The molecule has 0 atom stereocenters. The van der Waals surface area contributed by atoms with Gasteiger partial charge in [0.1, 0.15) is 0 Å². The number of ketones is 1. The molecule has 148 valence electrons. The molecule has 2 aromatic carbocycles. The van der Waals surface area contributed by atoms with Gasteiger partial charge < -0.3 is 14.8 Å². The zero-order chi connectivity index (χ0) is 20.5. The van der Waals surface area contributed by atoms with Gasteiger partial charge in [0.05, 0.1) is 13.7 Å². The van der Waals surface area contributed by atoms with Crippen LogP contribution in [-0.2, 0) is 4.79 Å². The van der Waals surface area contributed by atoms with E-state index in [0.29, 0.717) is 35.3 Å². The van der Waals surface area contributed by atoms with Gasteiger partial charge in [-0.25, -0.2) is 0 Å². The molecule has 0 fully saturated rings. The highest BCUT2D eigenvalue weighted by Gasteiger charge is 2.06. The van der Waals surface area contributed by atoms with Crippen molar-refractivity contribution in [1.29, 1.82) is 0 Å². The van der Waals surface area contributed by atoms with Gasteiger partial charge in [-0.05, 0) is 67.3 Å².